The maximum atomic E-state index is 13.5. The van der Waals surface area contributed by atoms with Gasteiger partial charge in [0.25, 0.3) is 0 Å². The van der Waals surface area contributed by atoms with Gasteiger partial charge in [0.1, 0.15) is 12.1 Å². The van der Waals surface area contributed by atoms with Crippen LogP contribution in [-0.2, 0) is 25.6 Å². The molecule has 0 spiro atoms. The van der Waals surface area contributed by atoms with Gasteiger partial charge in [0.15, 0.2) is 0 Å². The van der Waals surface area contributed by atoms with Gasteiger partial charge in [0.2, 0.25) is 23.6 Å². The molecule has 11 nitrogen and oxygen atoms in total. The van der Waals surface area contributed by atoms with E-state index in [1.807, 2.05) is 42.3 Å². The summed E-state index contributed by atoms with van der Waals surface area (Å²) in [4.78, 5) is 55.6. The summed E-state index contributed by atoms with van der Waals surface area (Å²) >= 11 is 0. The maximum absolute atomic E-state index is 13.5. The maximum Gasteiger partial charge on any atom is 0.245 e. The minimum atomic E-state index is -0.873. The number of nitrogens with one attached hydrogen (secondary N) is 4. The third-order valence-electron chi connectivity index (χ3n) is 7.78. The van der Waals surface area contributed by atoms with Crippen LogP contribution in [0.4, 0.5) is 0 Å². The number of nitrogens with zero attached hydrogens (tertiary/aromatic N) is 2. The first-order chi connectivity index (χ1) is 19.4. The molecule has 0 aromatic heterocycles. The summed E-state index contributed by atoms with van der Waals surface area (Å²) < 4.78 is 0. The number of carbonyl (C=O) groups excluding carboxylic acids is 4. The van der Waals surface area contributed by atoms with Crippen LogP contribution in [0.1, 0.15) is 50.5 Å². The first-order valence-electron chi connectivity index (χ1n) is 14.7. The number of carbonyl (C=O) groups is 4. The van der Waals surface area contributed by atoms with Crippen LogP contribution in [0.5, 0.6) is 0 Å². The first kappa shape index (κ1) is 31.5. The van der Waals surface area contributed by atoms with Gasteiger partial charge in [-0.3, -0.25) is 19.2 Å². The van der Waals surface area contributed by atoms with Crippen LogP contribution >= 0.6 is 0 Å². The molecule has 11 heteroatoms. The standard InChI is InChI=1S/C29H47N7O4/c1-31-14-6-5-11-24(29(40)36-17-12-23(13-18-36)35-15-7-8-16-35)33-27(38)21-32-28(39)25(34-26(37)20-30)19-22-9-3-2-4-10-22/h2-4,9-10,23-25,31H,5-8,11-21,30H2,1H3,(H,32,39)(H,33,38)(H,34,37)/t24-,25-/m1/s1. The van der Waals surface area contributed by atoms with Gasteiger partial charge >= 0.3 is 0 Å². The normalized spacial score (nSPS) is 17.7. The summed E-state index contributed by atoms with van der Waals surface area (Å²) in [6.45, 7) is 3.99. The Morgan fingerprint density at radius 2 is 1.60 bits per heavy atom. The molecule has 2 heterocycles. The molecule has 0 saturated carbocycles. The van der Waals surface area contributed by atoms with E-state index >= 15 is 0 Å². The van der Waals surface area contributed by atoms with Crippen LogP contribution in [0.3, 0.4) is 0 Å². The number of unbranched alkanes of at least 4 members (excludes halogenated alkanes) is 1. The molecule has 2 aliphatic heterocycles. The smallest absolute Gasteiger partial charge is 0.245 e. The lowest BCUT2D eigenvalue weighted by Gasteiger charge is -2.38. The lowest BCUT2D eigenvalue weighted by molar-refractivity contribution is -0.138. The van der Waals surface area contributed by atoms with Crippen molar-refractivity contribution in [1.29, 1.82) is 0 Å². The summed E-state index contributed by atoms with van der Waals surface area (Å²) in [6, 6.07) is 8.32. The molecule has 6 N–H and O–H groups in total. The zero-order valence-corrected chi connectivity index (χ0v) is 23.8. The van der Waals surface area contributed by atoms with E-state index in [4.69, 9.17) is 5.73 Å². The van der Waals surface area contributed by atoms with Crippen LogP contribution in [0.2, 0.25) is 0 Å². The van der Waals surface area contributed by atoms with Gasteiger partial charge in [-0.05, 0) is 77.2 Å². The summed E-state index contributed by atoms with van der Waals surface area (Å²) in [7, 11) is 1.89. The minimum absolute atomic E-state index is 0.0545. The SMILES string of the molecule is CNCCCC[C@@H](NC(=O)CNC(=O)[C@@H](Cc1ccccc1)NC(=O)CN)C(=O)N1CCC(N2CCCC2)CC1. The molecule has 2 fully saturated rings. The van der Waals surface area contributed by atoms with Crippen molar-refractivity contribution in [3.8, 4) is 0 Å². The Kier molecular flexibility index (Phi) is 13.3. The monoisotopic (exact) mass is 557 g/mol. The number of hydrogen-bond donors (Lipinski definition) is 5. The Balaban J connectivity index is 1.54. The predicted octanol–water partition coefficient (Wildman–Crippen LogP) is -0.250. The molecule has 2 saturated heterocycles. The highest BCUT2D eigenvalue weighted by Gasteiger charge is 2.32. The number of benzene rings is 1. The summed E-state index contributed by atoms with van der Waals surface area (Å²) in [6.07, 6.45) is 6.91. The molecule has 3 rings (SSSR count). The molecule has 0 bridgehead atoms. The fourth-order valence-corrected chi connectivity index (χ4v) is 5.53. The topological polar surface area (TPSA) is 149 Å². The summed E-state index contributed by atoms with van der Waals surface area (Å²) in [5.74, 6) is -1.43. The fraction of sp³-hybridized carbons (Fsp3) is 0.655. The Morgan fingerprint density at radius 3 is 2.25 bits per heavy atom. The average Bonchev–Trinajstić information content (AvgIpc) is 3.52. The Morgan fingerprint density at radius 1 is 0.925 bits per heavy atom. The molecule has 40 heavy (non-hydrogen) atoms. The van der Waals surface area contributed by atoms with Crippen molar-refractivity contribution in [1.82, 2.24) is 31.1 Å². The van der Waals surface area contributed by atoms with E-state index in [-0.39, 0.29) is 25.4 Å². The molecule has 0 radical (unpaired) electrons. The van der Waals surface area contributed by atoms with E-state index in [0.29, 0.717) is 25.6 Å². The number of piperidine rings is 1. The highest BCUT2D eigenvalue weighted by Crippen LogP contribution is 2.22. The van der Waals surface area contributed by atoms with Crippen LogP contribution in [0.25, 0.3) is 0 Å². The van der Waals surface area contributed by atoms with E-state index in [0.717, 1.165) is 50.9 Å². The molecule has 222 valence electrons. The van der Waals surface area contributed by atoms with E-state index in [1.54, 1.807) is 0 Å². The zero-order chi connectivity index (χ0) is 28.7. The molecule has 2 aliphatic rings. The zero-order valence-electron chi connectivity index (χ0n) is 23.8. The Labute approximate surface area is 238 Å². The number of hydrogen-bond acceptors (Lipinski definition) is 7. The molecule has 4 amide bonds. The second-order valence-electron chi connectivity index (χ2n) is 10.8. The van der Waals surface area contributed by atoms with E-state index < -0.39 is 29.8 Å². The number of nitrogens with two attached hydrogens (primary N) is 1. The highest BCUT2D eigenvalue weighted by atomic mass is 16.2. The Hall–Kier alpha value is -3.02. The molecule has 1 aromatic rings. The number of rotatable bonds is 15. The third-order valence-corrected chi connectivity index (χ3v) is 7.78. The lowest BCUT2D eigenvalue weighted by Crippen LogP contribution is -2.55. The van der Waals surface area contributed by atoms with Crippen molar-refractivity contribution in [3.05, 3.63) is 35.9 Å². The number of amides is 4. The second kappa shape index (κ2) is 16.9. The molecule has 2 atom stereocenters. The second-order valence-corrected chi connectivity index (χ2v) is 10.8. The van der Waals surface area contributed by atoms with Crippen molar-refractivity contribution >= 4 is 23.6 Å². The molecular formula is C29H47N7O4. The van der Waals surface area contributed by atoms with Gasteiger partial charge in [-0.1, -0.05) is 30.3 Å². The van der Waals surface area contributed by atoms with Crippen molar-refractivity contribution < 1.29 is 19.2 Å². The third kappa shape index (κ3) is 10.2. The van der Waals surface area contributed by atoms with E-state index in [1.165, 1.54) is 12.8 Å². The van der Waals surface area contributed by atoms with Crippen LogP contribution < -0.4 is 27.0 Å². The quantitative estimate of drug-likeness (QED) is 0.187. The average molecular weight is 558 g/mol. The summed E-state index contributed by atoms with van der Waals surface area (Å²) in [5, 5.41) is 11.2. The van der Waals surface area contributed by atoms with Gasteiger partial charge < -0.3 is 36.8 Å². The predicted molar refractivity (Wildman–Crippen MR) is 154 cm³/mol. The molecular weight excluding hydrogens is 510 g/mol. The Bertz CT molecular complexity index is 947. The van der Waals surface area contributed by atoms with Crippen molar-refractivity contribution in [3.63, 3.8) is 0 Å². The van der Waals surface area contributed by atoms with Gasteiger partial charge in [-0.25, -0.2) is 0 Å². The minimum Gasteiger partial charge on any atom is -0.345 e. The van der Waals surface area contributed by atoms with E-state index in [2.05, 4.69) is 26.2 Å². The molecule has 0 aliphatic carbocycles. The van der Waals surface area contributed by atoms with Gasteiger partial charge in [-0.15, -0.1) is 0 Å². The number of likely N-dealkylation sites (tertiary alicyclic amines) is 2. The van der Waals surface area contributed by atoms with Crippen LogP contribution in [0, 0.1) is 0 Å². The lowest BCUT2D eigenvalue weighted by atomic mass is 10.0. The van der Waals surface area contributed by atoms with Gasteiger partial charge in [-0.2, -0.15) is 0 Å². The van der Waals surface area contributed by atoms with Crippen molar-refractivity contribution in [2.45, 2.75) is 69.5 Å². The largest absolute Gasteiger partial charge is 0.345 e. The van der Waals surface area contributed by atoms with Crippen molar-refractivity contribution in [2.75, 3.05) is 52.9 Å². The molecule has 1 aromatic carbocycles. The van der Waals surface area contributed by atoms with Gasteiger partial charge in [0, 0.05) is 25.6 Å². The van der Waals surface area contributed by atoms with Crippen LogP contribution in [-0.4, -0.2) is 104 Å². The first-order valence-corrected chi connectivity index (χ1v) is 14.7. The highest BCUT2D eigenvalue weighted by molar-refractivity contribution is 5.92. The fourth-order valence-electron chi connectivity index (χ4n) is 5.53. The molecule has 0 unspecified atom stereocenters. The van der Waals surface area contributed by atoms with Gasteiger partial charge in [0.05, 0.1) is 13.1 Å². The van der Waals surface area contributed by atoms with Crippen molar-refractivity contribution in [2.24, 2.45) is 5.73 Å². The summed E-state index contributed by atoms with van der Waals surface area (Å²) in [5.41, 5.74) is 6.29. The van der Waals surface area contributed by atoms with Crippen LogP contribution in [0.15, 0.2) is 30.3 Å². The van der Waals surface area contributed by atoms with E-state index in [9.17, 15) is 19.2 Å².